The van der Waals surface area contributed by atoms with Crippen LogP contribution in [0.4, 0.5) is 5.69 Å². The van der Waals surface area contributed by atoms with Gasteiger partial charge in [-0.3, -0.25) is 14.5 Å². The molecule has 3 aliphatic heterocycles. The van der Waals surface area contributed by atoms with Gasteiger partial charge in [-0.25, -0.2) is 0 Å². The number of hydrogen-bond acceptors (Lipinski definition) is 4. The van der Waals surface area contributed by atoms with E-state index in [1.165, 1.54) is 25.7 Å². The normalized spacial score (nSPS) is 29.9. The molecule has 2 aromatic rings. The number of likely N-dealkylation sites (tertiary alicyclic amines) is 2. The second kappa shape index (κ2) is 9.90. The Morgan fingerprint density at radius 1 is 0.838 bits per heavy atom. The molecule has 4 aliphatic rings. The van der Waals surface area contributed by atoms with Crippen LogP contribution in [0.1, 0.15) is 57.9 Å². The molecule has 6 rings (SSSR count). The summed E-state index contributed by atoms with van der Waals surface area (Å²) in [6, 6.07) is 21.1. The SMILES string of the molecule is CC(C)C1CCC(N2CCC3(CC2)C2C(=O)N(Cc4ccccc4)C(=O)C2CN3c2ccccc2)CC1. The van der Waals surface area contributed by atoms with Gasteiger partial charge >= 0.3 is 0 Å². The number of benzene rings is 2. The number of fused-ring (bicyclic) bond motifs is 2. The Hall–Kier alpha value is -2.66. The molecule has 0 bridgehead atoms. The van der Waals surface area contributed by atoms with Crippen LogP contribution in [0.5, 0.6) is 0 Å². The highest BCUT2D eigenvalue weighted by Gasteiger charge is 2.65. The predicted octanol–water partition coefficient (Wildman–Crippen LogP) is 5.36. The lowest BCUT2D eigenvalue weighted by Gasteiger charge is -2.50. The first-order chi connectivity index (χ1) is 18.0. The molecular formula is C32H41N3O2. The zero-order valence-corrected chi connectivity index (χ0v) is 22.4. The molecule has 2 amide bonds. The van der Waals surface area contributed by atoms with E-state index < -0.39 is 0 Å². The molecule has 1 saturated carbocycles. The van der Waals surface area contributed by atoms with E-state index in [1.54, 1.807) is 4.90 Å². The van der Waals surface area contributed by atoms with Crippen molar-refractivity contribution in [2.24, 2.45) is 23.7 Å². The van der Waals surface area contributed by atoms with Crippen molar-refractivity contribution in [1.82, 2.24) is 9.80 Å². The van der Waals surface area contributed by atoms with E-state index in [-0.39, 0.29) is 29.2 Å². The monoisotopic (exact) mass is 499 g/mol. The number of anilines is 1. The lowest BCUT2D eigenvalue weighted by Crippen LogP contribution is -2.59. The topological polar surface area (TPSA) is 43.9 Å². The summed E-state index contributed by atoms with van der Waals surface area (Å²) in [7, 11) is 0. The molecule has 196 valence electrons. The number of nitrogens with zero attached hydrogens (tertiary/aromatic N) is 3. The lowest BCUT2D eigenvalue weighted by molar-refractivity contribution is -0.141. The van der Waals surface area contributed by atoms with Crippen LogP contribution in [0.15, 0.2) is 60.7 Å². The molecule has 0 radical (unpaired) electrons. The van der Waals surface area contributed by atoms with E-state index in [4.69, 9.17) is 0 Å². The summed E-state index contributed by atoms with van der Waals surface area (Å²) in [5, 5.41) is 0. The average Bonchev–Trinajstić information content (AvgIpc) is 3.38. The maximum atomic E-state index is 14.0. The van der Waals surface area contributed by atoms with E-state index in [9.17, 15) is 9.59 Å². The third-order valence-electron chi connectivity index (χ3n) is 10.1. The summed E-state index contributed by atoms with van der Waals surface area (Å²) in [4.78, 5) is 34.4. The molecule has 2 atom stereocenters. The zero-order valence-electron chi connectivity index (χ0n) is 22.4. The van der Waals surface area contributed by atoms with Crippen molar-refractivity contribution >= 4 is 17.5 Å². The quantitative estimate of drug-likeness (QED) is 0.520. The Labute approximate surface area is 221 Å². The molecule has 2 aromatic carbocycles. The maximum Gasteiger partial charge on any atom is 0.235 e. The van der Waals surface area contributed by atoms with Gasteiger partial charge in [0.25, 0.3) is 0 Å². The van der Waals surface area contributed by atoms with Crippen molar-refractivity contribution in [3.05, 3.63) is 66.2 Å². The van der Waals surface area contributed by atoms with Crippen LogP contribution >= 0.6 is 0 Å². The van der Waals surface area contributed by atoms with Gasteiger partial charge in [0.15, 0.2) is 0 Å². The fourth-order valence-electron chi connectivity index (χ4n) is 8.01. The molecule has 0 aromatic heterocycles. The van der Waals surface area contributed by atoms with Gasteiger partial charge in [-0.15, -0.1) is 0 Å². The Balaban J connectivity index is 1.24. The molecular weight excluding hydrogens is 458 g/mol. The number of hydrogen-bond donors (Lipinski definition) is 0. The van der Waals surface area contributed by atoms with Gasteiger partial charge in [0.2, 0.25) is 11.8 Å². The third kappa shape index (κ3) is 4.29. The number of carbonyl (C=O) groups excluding carboxylic acids is 2. The summed E-state index contributed by atoms with van der Waals surface area (Å²) >= 11 is 0. The van der Waals surface area contributed by atoms with Crippen LogP contribution in [0.25, 0.3) is 0 Å². The van der Waals surface area contributed by atoms with Gasteiger partial charge in [-0.2, -0.15) is 0 Å². The minimum Gasteiger partial charge on any atom is -0.364 e. The molecule has 5 nitrogen and oxygen atoms in total. The number of para-hydroxylation sites is 1. The van der Waals surface area contributed by atoms with Gasteiger partial charge in [0.1, 0.15) is 0 Å². The lowest BCUT2D eigenvalue weighted by atomic mass is 9.73. The second-order valence-electron chi connectivity index (χ2n) is 12.2. The van der Waals surface area contributed by atoms with E-state index in [2.05, 4.69) is 47.9 Å². The molecule has 2 unspecified atom stereocenters. The largest absolute Gasteiger partial charge is 0.364 e. The number of piperidine rings is 1. The summed E-state index contributed by atoms with van der Waals surface area (Å²) in [5.41, 5.74) is 1.89. The van der Waals surface area contributed by atoms with Crippen LogP contribution in [0.2, 0.25) is 0 Å². The molecule has 3 saturated heterocycles. The Bertz CT molecular complexity index is 1100. The van der Waals surface area contributed by atoms with Crippen molar-refractivity contribution in [3.8, 4) is 0 Å². The number of rotatable bonds is 5. The summed E-state index contributed by atoms with van der Waals surface area (Å²) in [6.45, 7) is 7.80. The van der Waals surface area contributed by atoms with Gasteiger partial charge in [0.05, 0.1) is 23.9 Å². The first-order valence-corrected chi connectivity index (χ1v) is 14.4. The molecule has 5 heteroatoms. The van der Waals surface area contributed by atoms with Crippen LogP contribution in [-0.2, 0) is 16.1 Å². The Morgan fingerprint density at radius 3 is 2.08 bits per heavy atom. The summed E-state index contributed by atoms with van der Waals surface area (Å²) in [6.07, 6.45) is 7.17. The highest BCUT2D eigenvalue weighted by atomic mass is 16.2. The van der Waals surface area contributed by atoms with Crippen LogP contribution in [0.3, 0.4) is 0 Å². The predicted molar refractivity (Wildman–Crippen MR) is 147 cm³/mol. The van der Waals surface area contributed by atoms with Crippen molar-refractivity contribution in [2.45, 2.75) is 70.5 Å². The van der Waals surface area contributed by atoms with Gasteiger partial charge in [-0.1, -0.05) is 62.4 Å². The standard InChI is InChI=1S/C32H41N3O2/c1-23(2)25-13-15-26(16-14-25)33-19-17-32(18-20-33)29-28(22-35(32)27-11-7-4-8-12-27)30(36)34(31(29)37)21-24-9-5-3-6-10-24/h3-12,23,25-26,28-29H,13-22H2,1-2H3. The minimum atomic E-state index is -0.282. The maximum absolute atomic E-state index is 14.0. The van der Waals surface area contributed by atoms with Crippen molar-refractivity contribution < 1.29 is 9.59 Å². The van der Waals surface area contributed by atoms with Crippen molar-refractivity contribution in [1.29, 1.82) is 0 Å². The zero-order chi connectivity index (χ0) is 25.6. The molecule has 1 aliphatic carbocycles. The summed E-state index contributed by atoms with van der Waals surface area (Å²) < 4.78 is 0. The van der Waals surface area contributed by atoms with Gasteiger partial charge < -0.3 is 9.80 Å². The van der Waals surface area contributed by atoms with Crippen molar-refractivity contribution in [2.75, 3.05) is 24.5 Å². The first-order valence-electron chi connectivity index (χ1n) is 14.4. The molecule has 0 N–H and O–H groups in total. The summed E-state index contributed by atoms with van der Waals surface area (Å²) in [5.74, 6) is 1.22. The fourth-order valence-corrected chi connectivity index (χ4v) is 8.01. The van der Waals surface area contributed by atoms with Gasteiger partial charge in [0, 0.05) is 31.4 Å². The van der Waals surface area contributed by atoms with E-state index in [1.807, 2.05) is 36.4 Å². The Morgan fingerprint density at radius 2 is 1.46 bits per heavy atom. The third-order valence-corrected chi connectivity index (χ3v) is 10.1. The minimum absolute atomic E-state index is 0.0195. The molecule has 4 fully saturated rings. The highest BCUT2D eigenvalue weighted by Crippen LogP contribution is 2.52. The first kappa shape index (κ1) is 24.7. The highest BCUT2D eigenvalue weighted by molar-refractivity contribution is 6.07. The number of amides is 2. The van der Waals surface area contributed by atoms with Crippen LogP contribution in [-0.4, -0.2) is 52.8 Å². The fraction of sp³-hybridized carbons (Fsp3) is 0.562. The van der Waals surface area contributed by atoms with E-state index in [0.717, 1.165) is 49.0 Å². The second-order valence-corrected chi connectivity index (χ2v) is 12.2. The van der Waals surface area contributed by atoms with Crippen molar-refractivity contribution in [3.63, 3.8) is 0 Å². The number of imide groups is 1. The number of carbonyl (C=O) groups is 2. The Kier molecular flexibility index (Phi) is 6.60. The average molecular weight is 500 g/mol. The smallest absolute Gasteiger partial charge is 0.235 e. The van der Waals surface area contributed by atoms with Crippen LogP contribution < -0.4 is 4.90 Å². The van der Waals surface area contributed by atoms with E-state index in [0.29, 0.717) is 19.1 Å². The molecule has 1 spiro atoms. The molecule has 37 heavy (non-hydrogen) atoms. The van der Waals surface area contributed by atoms with Crippen LogP contribution in [0, 0.1) is 23.7 Å². The molecule has 3 heterocycles. The van der Waals surface area contributed by atoms with Gasteiger partial charge in [-0.05, 0) is 68.1 Å². The van der Waals surface area contributed by atoms with E-state index >= 15 is 0 Å².